The van der Waals surface area contributed by atoms with Gasteiger partial charge >= 0.3 is 5.97 Å². The number of carboxylic acids is 1. The molecule has 3 atom stereocenters. The van der Waals surface area contributed by atoms with Crippen LogP contribution < -0.4 is 27.4 Å². The number of benzene rings is 1. The van der Waals surface area contributed by atoms with Crippen LogP contribution in [0.2, 0.25) is 0 Å². The molecule has 1 rings (SSSR count). The van der Waals surface area contributed by atoms with Crippen LogP contribution in [0.4, 0.5) is 0 Å². The van der Waals surface area contributed by atoms with Crippen molar-refractivity contribution in [1.29, 1.82) is 0 Å². The van der Waals surface area contributed by atoms with E-state index in [1.807, 2.05) is 13.8 Å². The summed E-state index contributed by atoms with van der Waals surface area (Å²) in [6.45, 7) is 3.20. The Morgan fingerprint density at radius 2 is 1.59 bits per heavy atom. The van der Waals surface area contributed by atoms with Crippen molar-refractivity contribution in [3.8, 4) is 0 Å². The first kappa shape index (κ1) is 26.6. The van der Waals surface area contributed by atoms with Crippen LogP contribution in [0.25, 0.3) is 0 Å². The molecule has 0 unspecified atom stereocenters. The number of nitrogens with two attached hydrogens (primary N) is 2. The molecule has 0 bridgehead atoms. The van der Waals surface area contributed by atoms with E-state index < -0.39 is 54.3 Å². The Hall–Kier alpha value is -3.47. The highest BCUT2D eigenvalue weighted by Crippen LogP contribution is 2.06. The largest absolute Gasteiger partial charge is 0.480 e. The summed E-state index contributed by atoms with van der Waals surface area (Å²) in [5.74, 6) is -3.98. The first-order valence-corrected chi connectivity index (χ1v) is 10.2. The van der Waals surface area contributed by atoms with Crippen molar-refractivity contribution < 1.29 is 29.1 Å². The van der Waals surface area contributed by atoms with Crippen LogP contribution in [-0.4, -0.2) is 59.4 Å². The Morgan fingerprint density at radius 3 is 2.12 bits per heavy atom. The number of nitrogens with one attached hydrogen (secondary N) is 3. The summed E-state index contributed by atoms with van der Waals surface area (Å²) in [6, 6.07) is 5.43. The van der Waals surface area contributed by atoms with Gasteiger partial charge in [-0.2, -0.15) is 0 Å². The predicted octanol–water partition coefficient (Wildman–Crippen LogP) is -1.35. The first-order chi connectivity index (χ1) is 15.0. The van der Waals surface area contributed by atoms with E-state index in [1.165, 1.54) is 0 Å². The quantitative estimate of drug-likeness (QED) is 0.214. The zero-order valence-electron chi connectivity index (χ0n) is 18.2. The summed E-state index contributed by atoms with van der Waals surface area (Å²) < 4.78 is 0. The second-order valence-electron chi connectivity index (χ2n) is 7.83. The molecule has 0 heterocycles. The van der Waals surface area contributed by atoms with E-state index in [9.17, 15) is 29.1 Å². The Labute approximate surface area is 186 Å². The summed E-state index contributed by atoms with van der Waals surface area (Å²) in [7, 11) is 0. The van der Waals surface area contributed by atoms with Crippen LogP contribution in [0.3, 0.4) is 0 Å². The van der Waals surface area contributed by atoms with Gasteiger partial charge in [0.15, 0.2) is 0 Å². The van der Waals surface area contributed by atoms with Gasteiger partial charge in [0.2, 0.25) is 23.6 Å². The number of amides is 4. The molecule has 0 saturated heterocycles. The maximum Gasteiger partial charge on any atom is 0.326 e. The lowest BCUT2D eigenvalue weighted by Gasteiger charge is -2.22. The third-order valence-electron chi connectivity index (χ3n) is 4.44. The number of carbonyl (C=O) groups is 5. The summed E-state index contributed by atoms with van der Waals surface area (Å²) in [6.07, 6.45) is -0.0316. The molecule has 0 saturated carbocycles. The van der Waals surface area contributed by atoms with Crippen LogP contribution >= 0.6 is 0 Å². The number of rotatable bonds is 13. The zero-order valence-corrected chi connectivity index (χ0v) is 18.2. The molecule has 0 spiro atoms. The number of carbonyl (C=O) groups excluding carboxylic acids is 4. The fourth-order valence-electron chi connectivity index (χ4n) is 2.88. The lowest BCUT2D eigenvalue weighted by molar-refractivity contribution is -0.141. The topological polar surface area (TPSA) is 194 Å². The highest BCUT2D eigenvalue weighted by molar-refractivity contribution is 5.93. The molecule has 0 aliphatic rings. The molecule has 176 valence electrons. The summed E-state index contributed by atoms with van der Waals surface area (Å²) in [5.41, 5.74) is 11.4. The zero-order chi connectivity index (χ0) is 24.3. The van der Waals surface area contributed by atoms with Crippen molar-refractivity contribution in [3.05, 3.63) is 35.9 Å². The van der Waals surface area contributed by atoms with Crippen molar-refractivity contribution in [2.75, 3.05) is 6.54 Å². The van der Waals surface area contributed by atoms with Gasteiger partial charge in [-0.15, -0.1) is 0 Å². The molecular weight excluding hydrogens is 418 g/mol. The smallest absolute Gasteiger partial charge is 0.326 e. The van der Waals surface area contributed by atoms with Crippen LogP contribution in [0.5, 0.6) is 0 Å². The van der Waals surface area contributed by atoms with Gasteiger partial charge in [0, 0.05) is 6.42 Å². The minimum atomic E-state index is -1.21. The second-order valence-corrected chi connectivity index (χ2v) is 7.83. The highest BCUT2D eigenvalue weighted by atomic mass is 16.4. The SMILES string of the molecule is CC(C)C[C@H](NC(=O)[C@@H](N)CC(N)=O)C(=O)NCC(=O)N[C@@H](Cc1ccccc1)C(=O)O. The molecule has 0 aromatic heterocycles. The molecule has 0 radical (unpaired) electrons. The number of carboxylic acid groups (broad SMARTS) is 1. The molecule has 32 heavy (non-hydrogen) atoms. The number of hydrogen-bond donors (Lipinski definition) is 6. The van der Waals surface area contributed by atoms with Crippen molar-refractivity contribution in [1.82, 2.24) is 16.0 Å². The minimum absolute atomic E-state index is 0.0227. The summed E-state index contributed by atoms with van der Waals surface area (Å²) >= 11 is 0. The van der Waals surface area contributed by atoms with Crippen LogP contribution in [0.15, 0.2) is 30.3 Å². The molecule has 8 N–H and O–H groups in total. The van der Waals surface area contributed by atoms with E-state index in [-0.39, 0.29) is 25.2 Å². The molecule has 0 aliphatic heterocycles. The van der Waals surface area contributed by atoms with Gasteiger partial charge in [0.25, 0.3) is 0 Å². The molecule has 1 aromatic rings. The number of hydrogen-bond acceptors (Lipinski definition) is 6. The van der Waals surface area contributed by atoms with Gasteiger partial charge in [-0.1, -0.05) is 44.2 Å². The van der Waals surface area contributed by atoms with Crippen molar-refractivity contribution >= 4 is 29.6 Å². The monoisotopic (exact) mass is 449 g/mol. The average Bonchev–Trinajstić information content (AvgIpc) is 2.70. The van der Waals surface area contributed by atoms with Gasteiger partial charge in [-0.05, 0) is 17.9 Å². The first-order valence-electron chi connectivity index (χ1n) is 10.2. The van der Waals surface area contributed by atoms with Crippen LogP contribution in [0, 0.1) is 5.92 Å². The maximum atomic E-state index is 12.5. The molecule has 0 fully saturated rings. The predicted molar refractivity (Wildman–Crippen MR) is 116 cm³/mol. The molecular formula is C21H31N5O6. The standard InChI is InChI=1S/C21H31N5O6/c1-12(2)8-15(26-19(29)14(22)10-17(23)27)20(30)24-11-18(28)25-16(21(31)32)9-13-6-4-3-5-7-13/h3-7,12,14-16H,8-11,22H2,1-2H3,(H2,23,27)(H,24,30)(H,25,28)(H,26,29)(H,31,32)/t14-,15-,16-/m0/s1. The molecule has 11 heteroatoms. The third-order valence-corrected chi connectivity index (χ3v) is 4.44. The van der Waals surface area contributed by atoms with E-state index in [0.29, 0.717) is 0 Å². The minimum Gasteiger partial charge on any atom is -0.480 e. The molecule has 0 aliphatic carbocycles. The molecule has 11 nitrogen and oxygen atoms in total. The van der Waals surface area contributed by atoms with E-state index in [4.69, 9.17) is 11.5 Å². The third kappa shape index (κ3) is 10.0. The fourth-order valence-corrected chi connectivity index (χ4v) is 2.88. The normalized spacial score (nSPS) is 13.5. The summed E-state index contributed by atoms with van der Waals surface area (Å²) in [5, 5.41) is 16.6. The highest BCUT2D eigenvalue weighted by Gasteiger charge is 2.26. The molecule has 1 aromatic carbocycles. The van der Waals surface area contributed by atoms with Gasteiger partial charge < -0.3 is 32.5 Å². The van der Waals surface area contributed by atoms with E-state index >= 15 is 0 Å². The van der Waals surface area contributed by atoms with Crippen LogP contribution in [-0.2, 0) is 30.4 Å². The van der Waals surface area contributed by atoms with Gasteiger partial charge in [0.05, 0.1) is 19.0 Å². The van der Waals surface area contributed by atoms with Crippen molar-refractivity contribution in [2.24, 2.45) is 17.4 Å². The van der Waals surface area contributed by atoms with E-state index in [1.54, 1.807) is 30.3 Å². The Morgan fingerprint density at radius 1 is 0.969 bits per heavy atom. The maximum absolute atomic E-state index is 12.5. The van der Waals surface area contributed by atoms with Gasteiger partial charge in [0.1, 0.15) is 12.1 Å². The van der Waals surface area contributed by atoms with Gasteiger partial charge in [-0.25, -0.2) is 4.79 Å². The lowest BCUT2D eigenvalue weighted by atomic mass is 10.0. The van der Waals surface area contributed by atoms with Crippen LogP contribution in [0.1, 0.15) is 32.3 Å². The molecule has 4 amide bonds. The van der Waals surface area contributed by atoms with E-state index in [2.05, 4.69) is 16.0 Å². The number of primary amides is 1. The summed E-state index contributed by atoms with van der Waals surface area (Å²) in [4.78, 5) is 59.3. The second kappa shape index (κ2) is 13.1. The lowest BCUT2D eigenvalue weighted by Crippen LogP contribution is -2.54. The average molecular weight is 450 g/mol. The van der Waals surface area contributed by atoms with Gasteiger partial charge in [-0.3, -0.25) is 19.2 Å². The van der Waals surface area contributed by atoms with Crippen molar-refractivity contribution in [3.63, 3.8) is 0 Å². The Balaban J connectivity index is 2.67. The Kier molecular flexibility index (Phi) is 10.8. The number of aliphatic carboxylic acids is 1. The Bertz CT molecular complexity index is 814. The van der Waals surface area contributed by atoms with Crippen molar-refractivity contribution in [2.45, 2.75) is 51.2 Å². The fraction of sp³-hybridized carbons (Fsp3) is 0.476. The van der Waals surface area contributed by atoms with E-state index in [0.717, 1.165) is 5.56 Å².